The van der Waals surface area contributed by atoms with Crippen LogP contribution in [-0.4, -0.2) is 9.66 Å². The third kappa shape index (κ3) is 2.32. The summed E-state index contributed by atoms with van der Waals surface area (Å²) in [6.45, 7) is 5.01. The van der Waals surface area contributed by atoms with Gasteiger partial charge in [-0.05, 0) is 49.7 Å². The molecule has 0 unspecified atom stereocenters. The molecule has 96 valence electrons. The first-order valence-corrected chi connectivity index (χ1v) is 6.46. The molecule has 0 saturated heterocycles. The number of fused-ring (bicyclic) bond motifs is 1. The molecule has 0 amide bonds. The maximum absolute atomic E-state index is 4.33. The van der Waals surface area contributed by atoms with Gasteiger partial charge in [0, 0.05) is 23.0 Å². The predicted molar refractivity (Wildman–Crippen MR) is 78.7 cm³/mol. The Morgan fingerprint density at radius 1 is 1.05 bits per heavy atom. The highest BCUT2D eigenvalue weighted by molar-refractivity contribution is 5.78. The smallest absolute Gasteiger partial charge is 0.0702 e. The van der Waals surface area contributed by atoms with Crippen LogP contribution in [0.15, 0.2) is 48.7 Å². The van der Waals surface area contributed by atoms with E-state index in [1.165, 1.54) is 22.3 Å². The van der Waals surface area contributed by atoms with Crippen molar-refractivity contribution in [3.8, 4) is 0 Å². The minimum absolute atomic E-state index is 0.807. The standard InChI is InChI=1S/C16H17N3/c1-12-5-6-13(2)19(12)18-11-14-7-8-16-15(10-14)4-3-9-17-16/h3-10,18H,11H2,1-2H3. The summed E-state index contributed by atoms with van der Waals surface area (Å²) in [6.07, 6.45) is 1.83. The van der Waals surface area contributed by atoms with Gasteiger partial charge >= 0.3 is 0 Å². The lowest BCUT2D eigenvalue weighted by Crippen LogP contribution is -2.16. The molecular formula is C16H17N3. The number of aromatic nitrogens is 2. The fourth-order valence-corrected chi connectivity index (χ4v) is 2.32. The Labute approximate surface area is 112 Å². The van der Waals surface area contributed by atoms with E-state index in [1.54, 1.807) is 0 Å². The monoisotopic (exact) mass is 251 g/mol. The molecule has 3 nitrogen and oxygen atoms in total. The molecule has 2 heterocycles. The summed E-state index contributed by atoms with van der Waals surface area (Å²) in [6, 6.07) is 14.7. The van der Waals surface area contributed by atoms with Crippen molar-refractivity contribution >= 4 is 10.9 Å². The number of rotatable bonds is 3. The van der Waals surface area contributed by atoms with Crippen molar-refractivity contribution in [1.29, 1.82) is 0 Å². The van der Waals surface area contributed by atoms with Crippen LogP contribution in [0.4, 0.5) is 0 Å². The molecule has 1 aromatic carbocycles. The summed E-state index contributed by atoms with van der Waals surface area (Å²) in [5.41, 5.74) is 8.18. The van der Waals surface area contributed by atoms with Crippen molar-refractivity contribution in [2.45, 2.75) is 20.4 Å². The average molecular weight is 251 g/mol. The first-order valence-electron chi connectivity index (χ1n) is 6.46. The molecular weight excluding hydrogens is 234 g/mol. The lowest BCUT2D eigenvalue weighted by molar-refractivity contribution is 0.792. The van der Waals surface area contributed by atoms with Crippen molar-refractivity contribution in [3.63, 3.8) is 0 Å². The number of hydrogen-bond acceptors (Lipinski definition) is 2. The van der Waals surface area contributed by atoms with Gasteiger partial charge in [0.25, 0.3) is 0 Å². The van der Waals surface area contributed by atoms with Crippen LogP contribution in [0, 0.1) is 13.8 Å². The normalized spacial score (nSPS) is 10.8. The molecule has 3 heteroatoms. The van der Waals surface area contributed by atoms with E-state index in [1.807, 2.05) is 12.3 Å². The lowest BCUT2D eigenvalue weighted by atomic mass is 10.1. The molecule has 0 fully saturated rings. The molecule has 0 spiro atoms. The zero-order chi connectivity index (χ0) is 13.2. The van der Waals surface area contributed by atoms with Gasteiger partial charge in [0.15, 0.2) is 0 Å². The average Bonchev–Trinajstić information content (AvgIpc) is 2.76. The summed E-state index contributed by atoms with van der Waals surface area (Å²) < 4.78 is 2.12. The van der Waals surface area contributed by atoms with Crippen molar-refractivity contribution in [2.24, 2.45) is 0 Å². The van der Waals surface area contributed by atoms with Crippen molar-refractivity contribution in [2.75, 3.05) is 5.43 Å². The summed E-state index contributed by atoms with van der Waals surface area (Å²) in [5, 5.41) is 1.18. The number of nitrogens with one attached hydrogen (secondary N) is 1. The van der Waals surface area contributed by atoms with Gasteiger partial charge in [0.2, 0.25) is 0 Å². The number of benzene rings is 1. The Balaban J connectivity index is 1.82. The number of nitrogens with zero attached hydrogens (tertiary/aromatic N) is 2. The van der Waals surface area contributed by atoms with Gasteiger partial charge in [0.05, 0.1) is 12.1 Å². The lowest BCUT2D eigenvalue weighted by Gasteiger charge is -2.13. The Bertz CT molecular complexity index is 693. The molecule has 0 radical (unpaired) electrons. The molecule has 0 aliphatic carbocycles. The van der Waals surface area contributed by atoms with Crippen LogP contribution in [0.1, 0.15) is 17.0 Å². The van der Waals surface area contributed by atoms with Gasteiger partial charge in [-0.25, -0.2) is 0 Å². The first kappa shape index (κ1) is 11.8. The summed E-state index contributed by atoms with van der Waals surface area (Å²) in [4.78, 5) is 4.33. The maximum atomic E-state index is 4.33. The van der Waals surface area contributed by atoms with Crippen LogP contribution in [0.2, 0.25) is 0 Å². The Kier molecular flexibility index (Phi) is 2.95. The second-order valence-electron chi connectivity index (χ2n) is 4.82. The maximum Gasteiger partial charge on any atom is 0.0702 e. The molecule has 2 aromatic heterocycles. The van der Waals surface area contributed by atoms with Gasteiger partial charge in [0.1, 0.15) is 0 Å². The first-order chi connectivity index (χ1) is 9.24. The second-order valence-corrected chi connectivity index (χ2v) is 4.82. The third-order valence-corrected chi connectivity index (χ3v) is 3.38. The molecule has 3 rings (SSSR count). The second kappa shape index (κ2) is 4.76. The van der Waals surface area contributed by atoms with Crippen molar-refractivity contribution < 1.29 is 0 Å². The van der Waals surface area contributed by atoms with Crippen LogP contribution < -0.4 is 5.43 Å². The molecule has 0 aliphatic rings. The Morgan fingerprint density at radius 2 is 1.84 bits per heavy atom. The van der Waals surface area contributed by atoms with Crippen LogP contribution in [0.5, 0.6) is 0 Å². The van der Waals surface area contributed by atoms with E-state index in [9.17, 15) is 0 Å². The van der Waals surface area contributed by atoms with E-state index in [2.05, 4.69) is 65.3 Å². The summed E-state index contributed by atoms with van der Waals surface area (Å²) in [7, 11) is 0. The molecule has 0 atom stereocenters. The largest absolute Gasteiger partial charge is 0.322 e. The molecule has 3 aromatic rings. The Morgan fingerprint density at radius 3 is 2.63 bits per heavy atom. The van der Waals surface area contributed by atoms with E-state index in [4.69, 9.17) is 0 Å². The number of aryl methyl sites for hydroxylation is 2. The fourth-order valence-electron chi connectivity index (χ4n) is 2.32. The van der Waals surface area contributed by atoms with E-state index in [0.29, 0.717) is 0 Å². The van der Waals surface area contributed by atoms with Gasteiger partial charge in [-0.1, -0.05) is 12.1 Å². The van der Waals surface area contributed by atoms with Gasteiger partial charge in [-0.2, -0.15) is 0 Å². The molecule has 0 bridgehead atoms. The topological polar surface area (TPSA) is 29.9 Å². The minimum atomic E-state index is 0.807. The molecule has 0 saturated carbocycles. The number of hydrogen-bond donors (Lipinski definition) is 1. The van der Waals surface area contributed by atoms with Crippen LogP contribution in [0.3, 0.4) is 0 Å². The highest BCUT2D eigenvalue weighted by Gasteiger charge is 2.01. The molecule has 1 N–H and O–H groups in total. The summed E-state index contributed by atoms with van der Waals surface area (Å²) >= 11 is 0. The van der Waals surface area contributed by atoms with E-state index in [0.717, 1.165) is 12.1 Å². The highest BCUT2D eigenvalue weighted by Crippen LogP contribution is 2.14. The molecule has 19 heavy (non-hydrogen) atoms. The highest BCUT2D eigenvalue weighted by atomic mass is 15.4. The number of pyridine rings is 1. The predicted octanol–water partition coefficient (Wildman–Crippen LogP) is 3.40. The van der Waals surface area contributed by atoms with Crippen LogP contribution in [0.25, 0.3) is 10.9 Å². The van der Waals surface area contributed by atoms with E-state index < -0.39 is 0 Å². The zero-order valence-corrected chi connectivity index (χ0v) is 11.2. The van der Waals surface area contributed by atoms with Gasteiger partial charge in [-0.15, -0.1) is 0 Å². The summed E-state index contributed by atoms with van der Waals surface area (Å²) in [5.74, 6) is 0. The van der Waals surface area contributed by atoms with Gasteiger partial charge < -0.3 is 5.43 Å². The molecule has 0 aliphatic heterocycles. The van der Waals surface area contributed by atoms with Crippen molar-refractivity contribution in [1.82, 2.24) is 9.66 Å². The van der Waals surface area contributed by atoms with Crippen molar-refractivity contribution in [3.05, 3.63) is 65.6 Å². The SMILES string of the molecule is Cc1ccc(C)n1NCc1ccc2ncccc2c1. The zero-order valence-electron chi connectivity index (χ0n) is 11.2. The Hall–Kier alpha value is -2.29. The minimum Gasteiger partial charge on any atom is -0.322 e. The fraction of sp³-hybridized carbons (Fsp3) is 0.188. The third-order valence-electron chi connectivity index (χ3n) is 3.38. The van der Waals surface area contributed by atoms with Gasteiger partial charge in [-0.3, -0.25) is 9.66 Å². The van der Waals surface area contributed by atoms with E-state index in [-0.39, 0.29) is 0 Å². The van der Waals surface area contributed by atoms with E-state index >= 15 is 0 Å². The van der Waals surface area contributed by atoms with Crippen LogP contribution in [-0.2, 0) is 6.54 Å². The quantitative estimate of drug-likeness (QED) is 0.773. The van der Waals surface area contributed by atoms with Crippen LogP contribution >= 0.6 is 0 Å².